The van der Waals surface area contributed by atoms with Crippen molar-refractivity contribution in [1.29, 1.82) is 0 Å². The van der Waals surface area contributed by atoms with Crippen molar-refractivity contribution < 1.29 is 22.6 Å². The summed E-state index contributed by atoms with van der Waals surface area (Å²) < 4.78 is 49.4. The highest BCUT2D eigenvalue weighted by Crippen LogP contribution is 2.36. The molecule has 0 aliphatic carbocycles. The number of fused-ring (bicyclic) bond motifs is 1. The van der Waals surface area contributed by atoms with E-state index in [-0.39, 0.29) is 30.2 Å². The molecule has 0 spiro atoms. The van der Waals surface area contributed by atoms with Crippen LogP contribution >= 0.6 is 0 Å². The van der Waals surface area contributed by atoms with Gasteiger partial charge in [0.25, 0.3) is 0 Å². The maximum atomic E-state index is 12.9. The average molecular weight is 511 g/mol. The highest BCUT2D eigenvalue weighted by molar-refractivity contribution is 7.89. The molecule has 2 aliphatic rings. The van der Waals surface area contributed by atoms with E-state index in [9.17, 15) is 8.42 Å². The number of nitrogens with one attached hydrogen (secondary N) is 1. The maximum Gasteiger partial charge on any atom is 0.341 e. The fourth-order valence-electron chi connectivity index (χ4n) is 4.35. The summed E-state index contributed by atoms with van der Waals surface area (Å²) in [7, 11) is -3.73. The zero-order valence-corrected chi connectivity index (χ0v) is 19.9. The van der Waals surface area contributed by atoms with Gasteiger partial charge in [-0.05, 0) is 53.7 Å². The van der Waals surface area contributed by atoms with E-state index in [2.05, 4.69) is 30.3 Å². The first-order valence-electron chi connectivity index (χ1n) is 11.2. The van der Waals surface area contributed by atoms with Gasteiger partial charge in [0.1, 0.15) is 36.7 Å². The third-order valence-electron chi connectivity index (χ3n) is 6.17. The molecule has 2 fully saturated rings. The molecule has 0 saturated carbocycles. The molecule has 4 heterocycles. The van der Waals surface area contributed by atoms with Gasteiger partial charge in [-0.15, -0.1) is 0 Å². The predicted octanol–water partition coefficient (Wildman–Crippen LogP) is 1.04. The number of rotatable bonds is 7. The lowest BCUT2D eigenvalue weighted by Gasteiger charge is -2.18. The van der Waals surface area contributed by atoms with Gasteiger partial charge in [-0.3, -0.25) is 0 Å². The Morgan fingerprint density at radius 1 is 1.03 bits per heavy atom. The van der Waals surface area contributed by atoms with E-state index in [0.717, 1.165) is 11.3 Å². The Kier molecular flexibility index (Phi) is 5.72. The van der Waals surface area contributed by atoms with Crippen LogP contribution in [0, 0.1) is 6.92 Å². The molecular weight excluding hydrogens is 488 g/mol. The zero-order valence-electron chi connectivity index (χ0n) is 19.1. The van der Waals surface area contributed by atoms with Gasteiger partial charge in [0, 0.05) is 0 Å². The number of hydrogen-bond acceptors (Lipinski definition) is 10. The minimum atomic E-state index is -3.73. The van der Waals surface area contributed by atoms with Crippen molar-refractivity contribution in [2.75, 3.05) is 13.2 Å². The van der Waals surface area contributed by atoms with E-state index in [1.165, 1.54) is 11.0 Å². The zero-order chi connectivity index (χ0) is 24.7. The number of benzene rings is 2. The number of nitrogens with zero attached hydrogens (tertiary/aromatic N) is 7. The lowest BCUT2D eigenvalue weighted by atomic mass is 10.1. The Labute approximate surface area is 206 Å². The lowest BCUT2D eigenvalue weighted by molar-refractivity contribution is 0.0615. The van der Waals surface area contributed by atoms with Crippen LogP contribution in [0.1, 0.15) is 11.6 Å². The minimum absolute atomic E-state index is 0.166. The first kappa shape index (κ1) is 22.7. The summed E-state index contributed by atoms with van der Waals surface area (Å²) in [5, 5.41) is 15.9. The van der Waals surface area contributed by atoms with Crippen molar-refractivity contribution in [3.05, 3.63) is 66.7 Å². The third-order valence-corrected chi connectivity index (χ3v) is 7.68. The molecule has 0 bridgehead atoms. The minimum Gasteiger partial charge on any atom is -0.423 e. The molecule has 0 radical (unpaired) electrons. The highest BCUT2D eigenvalue weighted by Gasteiger charge is 2.50. The molecule has 13 nitrogen and oxygen atoms in total. The van der Waals surface area contributed by atoms with Crippen LogP contribution in [-0.4, -0.2) is 74.9 Å². The van der Waals surface area contributed by atoms with Gasteiger partial charge in [0.2, 0.25) is 10.0 Å². The molecule has 0 amide bonds. The average Bonchev–Trinajstić information content (AvgIpc) is 3.67. The van der Waals surface area contributed by atoms with Crippen molar-refractivity contribution in [1.82, 2.24) is 39.7 Å². The van der Waals surface area contributed by atoms with E-state index in [1.807, 2.05) is 19.1 Å². The van der Waals surface area contributed by atoms with Gasteiger partial charge >= 0.3 is 6.01 Å². The van der Waals surface area contributed by atoms with Gasteiger partial charge in [0.15, 0.2) is 0 Å². The smallest absolute Gasteiger partial charge is 0.341 e. The van der Waals surface area contributed by atoms with E-state index in [4.69, 9.17) is 14.2 Å². The van der Waals surface area contributed by atoms with Crippen LogP contribution in [0.2, 0.25) is 0 Å². The highest BCUT2D eigenvalue weighted by atomic mass is 32.2. The second kappa shape index (κ2) is 9.05. The summed E-state index contributed by atoms with van der Waals surface area (Å²) in [5.41, 5.74) is 1.80. The molecule has 2 aromatic heterocycles. The molecular formula is C22H22N8O5S. The van der Waals surface area contributed by atoms with Crippen LogP contribution in [0.3, 0.4) is 0 Å². The normalized spacial score (nSPS) is 23.6. The lowest BCUT2D eigenvalue weighted by Crippen LogP contribution is -2.44. The standard InChI is InChI=1S/C22H22N8O5S/c1-14-2-8-17(9-3-14)36(31,32)26-18-10-33-21-19(11-34-20(18)21)30-22(25-27-28-30)35-16-6-4-15(5-7-16)29-13-23-12-24-29/h2-9,12-13,18-21,26H,10-11H2,1H3. The molecule has 186 valence electrons. The van der Waals surface area contributed by atoms with Gasteiger partial charge < -0.3 is 14.2 Å². The first-order valence-corrected chi connectivity index (χ1v) is 12.7. The van der Waals surface area contributed by atoms with Crippen molar-refractivity contribution in [3.63, 3.8) is 0 Å². The van der Waals surface area contributed by atoms with Crippen molar-refractivity contribution in [2.24, 2.45) is 0 Å². The quantitative estimate of drug-likeness (QED) is 0.382. The Hall–Kier alpha value is -3.72. The maximum absolute atomic E-state index is 12.9. The Morgan fingerprint density at radius 3 is 2.56 bits per heavy atom. The molecule has 4 unspecified atom stereocenters. The number of aryl methyl sites for hydroxylation is 1. The number of hydrogen-bond donors (Lipinski definition) is 1. The van der Waals surface area contributed by atoms with Crippen molar-refractivity contribution >= 4 is 10.0 Å². The van der Waals surface area contributed by atoms with Gasteiger partial charge in [0.05, 0.1) is 29.8 Å². The summed E-state index contributed by atoms with van der Waals surface area (Å²) in [6.07, 6.45) is 2.12. The van der Waals surface area contributed by atoms with Gasteiger partial charge in [-0.25, -0.2) is 22.8 Å². The summed E-state index contributed by atoms with van der Waals surface area (Å²) in [4.78, 5) is 4.13. The summed E-state index contributed by atoms with van der Waals surface area (Å²) in [6, 6.07) is 13.1. The van der Waals surface area contributed by atoms with Crippen molar-refractivity contribution in [3.8, 4) is 17.4 Å². The summed E-state index contributed by atoms with van der Waals surface area (Å²) in [6.45, 7) is 2.31. The second-order valence-corrected chi connectivity index (χ2v) is 10.3. The molecule has 2 saturated heterocycles. The molecule has 2 aromatic carbocycles. The number of tetrazole rings is 1. The van der Waals surface area contributed by atoms with Crippen LogP contribution in [-0.2, 0) is 19.5 Å². The number of ether oxygens (including phenoxy) is 3. The number of sulfonamides is 1. The topological polar surface area (TPSA) is 148 Å². The first-order chi connectivity index (χ1) is 17.5. The van der Waals surface area contributed by atoms with Crippen LogP contribution in [0.25, 0.3) is 5.69 Å². The Morgan fingerprint density at radius 2 is 1.81 bits per heavy atom. The van der Waals surface area contributed by atoms with Crippen molar-refractivity contribution in [2.45, 2.75) is 36.1 Å². The fraction of sp³-hybridized carbons (Fsp3) is 0.318. The van der Waals surface area contributed by atoms with E-state index in [0.29, 0.717) is 5.75 Å². The number of aromatic nitrogens is 7. The second-order valence-electron chi connectivity index (χ2n) is 8.55. The van der Waals surface area contributed by atoms with E-state index >= 15 is 0 Å². The van der Waals surface area contributed by atoms with Gasteiger partial charge in [-0.2, -0.15) is 9.78 Å². The molecule has 1 N–H and O–H groups in total. The third kappa shape index (κ3) is 4.24. The molecule has 2 aliphatic heterocycles. The predicted molar refractivity (Wildman–Crippen MR) is 123 cm³/mol. The van der Waals surface area contributed by atoms with Crippen LogP contribution in [0.5, 0.6) is 11.8 Å². The molecule has 4 aromatic rings. The van der Waals surface area contributed by atoms with E-state index < -0.39 is 28.3 Å². The fourth-order valence-corrected chi connectivity index (χ4v) is 5.58. The monoisotopic (exact) mass is 510 g/mol. The van der Waals surface area contributed by atoms with Crippen LogP contribution in [0.15, 0.2) is 66.1 Å². The molecule has 6 rings (SSSR count). The Balaban J connectivity index is 1.15. The molecule has 36 heavy (non-hydrogen) atoms. The van der Waals surface area contributed by atoms with Crippen LogP contribution < -0.4 is 9.46 Å². The van der Waals surface area contributed by atoms with Crippen LogP contribution in [0.4, 0.5) is 0 Å². The largest absolute Gasteiger partial charge is 0.423 e. The Bertz CT molecular complexity index is 1440. The molecule has 14 heteroatoms. The van der Waals surface area contributed by atoms with E-state index in [1.54, 1.807) is 47.4 Å². The summed E-state index contributed by atoms with van der Waals surface area (Å²) in [5.74, 6) is 0.529. The summed E-state index contributed by atoms with van der Waals surface area (Å²) >= 11 is 0. The SMILES string of the molecule is Cc1ccc(S(=O)(=O)NC2COC3C2OCC3n2nnnc2Oc2ccc(-n3cncn3)cc2)cc1. The molecule has 4 atom stereocenters. The van der Waals surface area contributed by atoms with Gasteiger partial charge in [-0.1, -0.05) is 22.8 Å².